The second-order valence-electron chi connectivity index (χ2n) is 16.0. The quantitative estimate of drug-likeness (QED) is 0.212. The number of fused-ring (bicyclic) bond motifs is 4. The van der Waals surface area contributed by atoms with Crippen LogP contribution >= 0.6 is 0 Å². The van der Waals surface area contributed by atoms with Crippen molar-refractivity contribution in [2.45, 2.75) is 106 Å². The normalized spacial score (nSPS) is 40.0. The van der Waals surface area contributed by atoms with Crippen molar-refractivity contribution in [1.29, 1.82) is 0 Å². The zero-order chi connectivity index (χ0) is 30.0. The van der Waals surface area contributed by atoms with Gasteiger partial charge in [-0.3, -0.25) is 0 Å². The van der Waals surface area contributed by atoms with E-state index in [-0.39, 0.29) is 0 Å². The van der Waals surface area contributed by atoms with E-state index in [1.165, 1.54) is 68.1 Å². The first-order chi connectivity index (χ1) is 20.1. The largest absolute Gasteiger partial charge is 0.0996 e. The van der Waals surface area contributed by atoms with Crippen molar-refractivity contribution in [2.24, 2.45) is 71.0 Å². The Morgan fingerprint density at radius 3 is 2.57 bits per heavy atom. The second kappa shape index (κ2) is 13.9. The van der Waals surface area contributed by atoms with Gasteiger partial charge in [0.25, 0.3) is 0 Å². The lowest BCUT2D eigenvalue weighted by molar-refractivity contribution is 0.170. The van der Waals surface area contributed by atoms with Crippen molar-refractivity contribution in [3.05, 3.63) is 83.6 Å². The molecule has 0 spiro atoms. The predicted octanol–water partition coefficient (Wildman–Crippen LogP) is 12.1. The summed E-state index contributed by atoms with van der Waals surface area (Å²) in [6.07, 6.45) is 34.0. The first-order valence-corrected chi connectivity index (χ1v) is 17.8. The zero-order valence-corrected chi connectivity index (χ0v) is 28.2. The molecule has 0 nitrogen and oxygen atoms in total. The van der Waals surface area contributed by atoms with E-state index in [4.69, 9.17) is 6.58 Å². The third kappa shape index (κ3) is 8.21. The van der Waals surface area contributed by atoms with Crippen molar-refractivity contribution < 1.29 is 0 Å². The molecule has 0 radical (unpaired) electrons. The van der Waals surface area contributed by atoms with Gasteiger partial charge in [0.05, 0.1) is 0 Å². The molecule has 5 aliphatic rings. The summed E-state index contributed by atoms with van der Waals surface area (Å²) in [5, 5.41) is 0. The zero-order valence-electron chi connectivity index (χ0n) is 28.2. The molecule has 42 heavy (non-hydrogen) atoms. The Kier molecular flexibility index (Phi) is 10.4. The molecule has 0 N–H and O–H groups in total. The van der Waals surface area contributed by atoms with E-state index in [1.807, 2.05) is 0 Å². The SMILES string of the molecule is C=C1CC(C(C)C(C)C(C)C/C=C/C(C)=C/C2=CCC(C)=C2)CC(C)C2CC2/C=C/C(C)C2C=CCC(C2)CC2CC12. The van der Waals surface area contributed by atoms with E-state index in [0.29, 0.717) is 17.8 Å². The lowest BCUT2D eigenvalue weighted by atomic mass is 9.71. The van der Waals surface area contributed by atoms with Crippen LogP contribution in [-0.4, -0.2) is 0 Å². The molecular formula is C42H62. The highest BCUT2D eigenvalue weighted by Crippen LogP contribution is 2.54. The summed E-state index contributed by atoms with van der Waals surface area (Å²) >= 11 is 0. The summed E-state index contributed by atoms with van der Waals surface area (Å²) in [5.41, 5.74) is 5.81. The van der Waals surface area contributed by atoms with Crippen LogP contribution in [-0.2, 0) is 0 Å². The fourth-order valence-corrected chi connectivity index (χ4v) is 8.94. The molecular weight excluding hydrogens is 504 g/mol. The van der Waals surface area contributed by atoms with Crippen LogP contribution < -0.4 is 0 Å². The van der Waals surface area contributed by atoms with Gasteiger partial charge in [-0.1, -0.05) is 113 Å². The third-order valence-corrected chi connectivity index (χ3v) is 12.5. The Balaban J connectivity index is 1.23. The van der Waals surface area contributed by atoms with Crippen molar-refractivity contribution >= 4 is 0 Å². The molecule has 0 aliphatic heterocycles. The smallest absolute Gasteiger partial charge is 0.0129 e. The summed E-state index contributed by atoms with van der Waals surface area (Å²) in [4.78, 5) is 0. The Morgan fingerprint density at radius 2 is 1.81 bits per heavy atom. The molecule has 0 aromatic carbocycles. The number of rotatable bonds is 7. The number of allylic oxidation sites excluding steroid dienone is 13. The standard InChI is InChI=1S/C42H62/c1-27(19-36-17-15-28(2)20-36)11-9-12-29(3)33(7)34(8)39-21-31(5)41-25-38(41)18-16-30(4)37-14-10-13-35(23-37)24-40-26-42(40)32(6)22-39/h9-11,14,16-20,29-31,33-35,37-42H,6,12-13,15,21-26H2,1-5,7-8H3/b11-9+,18-16+,27-19+. The molecule has 0 aromatic heterocycles. The molecule has 12 atom stereocenters. The highest BCUT2D eigenvalue weighted by atomic mass is 14.5. The van der Waals surface area contributed by atoms with Crippen molar-refractivity contribution in [3.63, 3.8) is 0 Å². The molecule has 0 heterocycles. The van der Waals surface area contributed by atoms with Crippen LogP contribution in [0.4, 0.5) is 0 Å². The summed E-state index contributed by atoms with van der Waals surface area (Å²) in [7, 11) is 0. The molecule has 0 aromatic rings. The van der Waals surface area contributed by atoms with Crippen LogP contribution in [0.25, 0.3) is 0 Å². The first kappa shape index (κ1) is 31.6. The lowest BCUT2D eigenvalue weighted by Crippen LogP contribution is -2.26. The Hall–Kier alpha value is -1.82. The number of hydrogen-bond acceptors (Lipinski definition) is 0. The van der Waals surface area contributed by atoms with Gasteiger partial charge < -0.3 is 0 Å². The van der Waals surface area contributed by atoms with Crippen LogP contribution in [0.3, 0.4) is 0 Å². The van der Waals surface area contributed by atoms with Gasteiger partial charge in [-0.2, -0.15) is 0 Å². The van der Waals surface area contributed by atoms with Crippen molar-refractivity contribution in [3.8, 4) is 0 Å². The molecule has 12 unspecified atom stereocenters. The minimum Gasteiger partial charge on any atom is -0.0996 e. The fraction of sp³-hybridized carbons (Fsp3) is 0.667. The fourth-order valence-electron chi connectivity index (χ4n) is 8.94. The Labute approximate surface area is 260 Å². The number of hydrogen-bond donors (Lipinski definition) is 0. The minimum absolute atomic E-state index is 0.683. The molecule has 2 fully saturated rings. The van der Waals surface area contributed by atoms with Crippen LogP contribution in [0.2, 0.25) is 0 Å². The topological polar surface area (TPSA) is 0 Å². The summed E-state index contributed by atoms with van der Waals surface area (Å²) < 4.78 is 0. The van der Waals surface area contributed by atoms with E-state index >= 15 is 0 Å². The highest BCUT2D eigenvalue weighted by molar-refractivity contribution is 5.42. The maximum absolute atomic E-state index is 4.79. The second-order valence-corrected chi connectivity index (χ2v) is 16.0. The predicted molar refractivity (Wildman–Crippen MR) is 184 cm³/mol. The van der Waals surface area contributed by atoms with Gasteiger partial charge in [0.2, 0.25) is 0 Å². The molecule has 0 heteroatoms. The van der Waals surface area contributed by atoms with Gasteiger partial charge in [-0.25, -0.2) is 0 Å². The van der Waals surface area contributed by atoms with Crippen molar-refractivity contribution in [2.75, 3.05) is 0 Å². The van der Waals surface area contributed by atoms with E-state index in [0.717, 1.165) is 59.7 Å². The van der Waals surface area contributed by atoms with Gasteiger partial charge in [0, 0.05) is 0 Å². The lowest BCUT2D eigenvalue weighted by Gasteiger charge is -2.35. The summed E-state index contributed by atoms with van der Waals surface area (Å²) in [6, 6.07) is 0. The van der Waals surface area contributed by atoms with Crippen molar-refractivity contribution in [1.82, 2.24) is 0 Å². The average Bonchev–Trinajstić information content (AvgIpc) is 3.87. The molecule has 2 saturated carbocycles. The highest BCUT2D eigenvalue weighted by Gasteiger charge is 2.44. The molecule has 230 valence electrons. The minimum atomic E-state index is 0.683. The van der Waals surface area contributed by atoms with Crippen LogP contribution in [0.1, 0.15) is 106 Å². The van der Waals surface area contributed by atoms with E-state index < -0.39 is 0 Å². The third-order valence-electron chi connectivity index (χ3n) is 12.5. The maximum atomic E-state index is 4.79. The van der Waals surface area contributed by atoms with E-state index in [2.05, 4.69) is 103 Å². The van der Waals surface area contributed by atoms with Gasteiger partial charge in [0.1, 0.15) is 0 Å². The molecule has 0 saturated heterocycles. The molecule has 5 rings (SSSR count). The van der Waals surface area contributed by atoms with Crippen LogP contribution in [0.5, 0.6) is 0 Å². The van der Waals surface area contributed by atoms with E-state index in [1.54, 1.807) is 5.57 Å². The molecule has 2 bridgehead atoms. The summed E-state index contributed by atoms with van der Waals surface area (Å²) in [5.74, 6) is 9.47. The Morgan fingerprint density at radius 1 is 1.00 bits per heavy atom. The van der Waals surface area contributed by atoms with E-state index in [9.17, 15) is 0 Å². The van der Waals surface area contributed by atoms with Crippen LogP contribution in [0.15, 0.2) is 83.6 Å². The first-order valence-electron chi connectivity index (χ1n) is 17.8. The Bertz CT molecular complexity index is 1130. The van der Waals surface area contributed by atoms with Gasteiger partial charge >= 0.3 is 0 Å². The van der Waals surface area contributed by atoms with Gasteiger partial charge in [-0.15, -0.1) is 0 Å². The van der Waals surface area contributed by atoms with Gasteiger partial charge in [0.15, 0.2) is 0 Å². The van der Waals surface area contributed by atoms with Gasteiger partial charge in [-0.05, 0) is 148 Å². The average molecular weight is 567 g/mol. The molecule has 5 aliphatic carbocycles. The maximum Gasteiger partial charge on any atom is -0.0129 e. The molecule has 0 amide bonds. The van der Waals surface area contributed by atoms with Crippen LogP contribution in [0, 0.1) is 71.0 Å². The summed E-state index contributed by atoms with van der Waals surface area (Å²) in [6.45, 7) is 21.9. The monoisotopic (exact) mass is 566 g/mol.